The van der Waals surface area contributed by atoms with Crippen LogP contribution in [0.3, 0.4) is 0 Å². The SMILES string of the molecule is Cc1cc(F)cc(C)c1Oc1ccc(C(C)(C)O)cc1-c1cn(C)c(=O)cc1OC1CCC(N2C(=O)CCC2=O)CC1. The topological polar surface area (TPSA) is 98.1 Å². The van der Waals surface area contributed by atoms with Gasteiger partial charge in [-0.2, -0.15) is 0 Å². The summed E-state index contributed by atoms with van der Waals surface area (Å²) in [6.45, 7) is 6.92. The lowest BCUT2D eigenvalue weighted by Crippen LogP contribution is -2.43. The van der Waals surface area contributed by atoms with Crippen molar-refractivity contribution in [1.82, 2.24) is 9.47 Å². The number of pyridine rings is 1. The maximum Gasteiger partial charge on any atom is 0.254 e. The van der Waals surface area contributed by atoms with Crippen LogP contribution in [0.2, 0.25) is 0 Å². The summed E-state index contributed by atoms with van der Waals surface area (Å²) >= 11 is 0. The van der Waals surface area contributed by atoms with Gasteiger partial charge in [-0.05, 0) is 94.3 Å². The van der Waals surface area contributed by atoms with Crippen LogP contribution in [0.5, 0.6) is 17.2 Å². The molecule has 1 saturated carbocycles. The highest BCUT2D eigenvalue weighted by Gasteiger charge is 2.37. The van der Waals surface area contributed by atoms with Crippen LogP contribution in [-0.4, -0.2) is 38.5 Å². The fraction of sp³-hybridized carbons (Fsp3) is 0.424. The van der Waals surface area contributed by atoms with E-state index in [1.807, 2.05) is 6.07 Å². The number of aliphatic hydroxyl groups is 1. The molecule has 1 N–H and O–H groups in total. The number of likely N-dealkylation sites (tertiary alicyclic amines) is 1. The molecule has 2 aromatic carbocycles. The molecule has 0 spiro atoms. The molecule has 0 atom stereocenters. The third-order valence-electron chi connectivity index (χ3n) is 8.20. The van der Waals surface area contributed by atoms with Crippen LogP contribution in [0.1, 0.15) is 69.1 Å². The smallest absolute Gasteiger partial charge is 0.254 e. The fourth-order valence-electron chi connectivity index (χ4n) is 5.89. The maximum absolute atomic E-state index is 14.0. The number of benzene rings is 2. The summed E-state index contributed by atoms with van der Waals surface area (Å²) in [5.74, 6) is 0.787. The van der Waals surface area contributed by atoms with Crippen LogP contribution in [0.15, 0.2) is 47.4 Å². The van der Waals surface area contributed by atoms with E-state index in [9.17, 15) is 23.9 Å². The van der Waals surface area contributed by atoms with E-state index in [1.165, 1.54) is 27.7 Å². The normalized spacial score (nSPS) is 19.4. The number of carbonyl (C=O) groups is 2. The lowest BCUT2D eigenvalue weighted by Gasteiger charge is -2.34. The number of hydrogen-bond acceptors (Lipinski definition) is 6. The number of aromatic nitrogens is 1. The minimum Gasteiger partial charge on any atom is -0.490 e. The molecule has 5 rings (SSSR count). The third kappa shape index (κ3) is 5.97. The van der Waals surface area contributed by atoms with E-state index < -0.39 is 5.60 Å². The molecule has 3 aromatic rings. The average Bonchev–Trinajstić information content (AvgIpc) is 3.25. The van der Waals surface area contributed by atoms with Crippen molar-refractivity contribution in [2.45, 2.75) is 84.0 Å². The Bertz CT molecular complexity index is 1560. The van der Waals surface area contributed by atoms with E-state index in [0.29, 0.717) is 70.7 Å². The second-order valence-electron chi connectivity index (χ2n) is 11.9. The summed E-state index contributed by atoms with van der Waals surface area (Å²) < 4.78 is 28.3. The third-order valence-corrected chi connectivity index (χ3v) is 8.20. The van der Waals surface area contributed by atoms with Gasteiger partial charge in [0.2, 0.25) is 11.8 Å². The first-order valence-electron chi connectivity index (χ1n) is 14.4. The van der Waals surface area contributed by atoms with Crippen LogP contribution in [0.25, 0.3) is 11.1 Å². The molecule has 0 bridgehead atoms. The standard InChI is InChI=1S/C33H37FN2O6/c1-19-14-22(34)15-20(2)32(19)42-27-11-6-21(33(3,4)40)16-25(27)26-18-35(5)31(39)17-28(26)41-24-9-7-23(8-10-24)36-29(37)12-13-30(36)38/h6,11,14-18,23-24,40H,7-10,12-13H2,1-5H3. The predicted octanol–water partition coefficient (Wildman–Crippen LogP) is 5.67. The summed E-state index contributed by atoms with van der Waals surface area (Å²) in [7, 11) is 1.65. The second kappa shape index (κ2) is 11.4. The number of carbonyl (C=O) groups excluding carboxylic acids is 2. The Morgan fingerprint density at radius 1 is 0.881 bits per heavy atom. The largest absolute Gasteiger partial charge is 0.490 e. The van der Waals surface area contributed by atoms with Gasteiger partial charge >= 0.3 is 0 Å². The summed E-state index contributed by atoms with van der Waals surface area (Å²) in [5, 5.41) is 10.8. The number of halogens is 1. The summed E-state index contributed by atoms with van der Waals surface area (Å²) in [6, 6.07) is 9.50. The van der Waals surface area contributed by atoms with Crippen LogP contribution >= 0.6 is 0 Å². The van der Waals surface area contributed by atoms with Gasteiger partial charge in [-0.3, -0.25) is 19.3 Å². The summed E-state index contributed by atoms with van der Waals surface area (Å²) in [6.07, 6.45) is 4.53. The van der Waals surface area contributed by atoms with E-state index in [4.69, 9.17) is 9.47 Å². The van der Waals surface area contributed by atoms with E-state index in [0.717, 1.165) is 0 Å². The molecule has 0 unspecified atom stereocenters. The van der Waals surface area contributed by atoms with Gasteiger partial charge in [-0.1, -0.05) is 6.07 Å². The van der Waals surface area contributed by atoms with Gasteiger partial charge in [0.25, 0.3) is 5.56 Å². The molecule has 1 saturated heterocycles. The van der Waals surface area contributed by atoms with Crippen molar-refractivity contribution in [3.8, 4) is 28.4 Å². The molecule has 222 valence electrons. The minimum absolute atomic E-state index is 0.107. The molecule has 9 heteroatoms. The highest BCUT2D eigenvalue weighted by atomic mass is 19.1. The van der Waals surface area contributed by atoms with Gasteiger partial charge in [0, 0.05) is 49.3 Å². The van der Waals surface area contributed by atoms with Gasteiger partial charge in [-0.15, -0.1) is 0 Å². The lowest BCUT2D eigenvalue weighted by molar-refractivity contribution is -0.142. The Morgan fingerprint density at radius 2 is 1.50 bits per heavy atom. The zero-order valence-corrected chi connectivity index (χ0v) is 24.7. The van der Waals surface area contributed by atoms with Gasteiger partial charge in [0.1, 0.15) is 23.1 Å². The van der Waals surface area contributed by atoms with Gasteiger partial charge < -0.3 is 19.1 Å². The van der Waals surface area contributed by atoms with Crippen LogP contribution in [0.4, 0.5) is 4.39 Å². The molecule has 2 amide bonds. The number of aryl methyl sites for hydroxylation is 3. The number of rotatable bonds is 7. The van der Waals surface area contributed by atoms with Crippen LogP contribution in [-0.2, 0) is 22.2 Å². The average molecular weight is 577 g/mol. The highest BCUT2D eigenvalue weighted by Crippen LogP contribution is 2.42. The van der Waals surface area contributed by atoms with Gasteiger partial charge in [0.05, 0.1) is 11.7 Å². The molecule has 8 nitrogen and oxygen atoms in total. The van der Waals surface area contributed by atoms with Crippen molar-refractivity contribution in [2.24, 2.45) is 7.05 Å². The second-order valence-corrected chi connectivity index (χ2v) is 11.9. The minimum atomic E-state index is -1.15. The molecule has 2 heterocycles. The van der Waals surface area contributed by atoms with E-state index in [1.54, 1.807) is 53.1 Å². The molecule has 0 radical (unpaired) electrons. The van der Waals surface area contributed by atoms with Crippen molar-refractivity contribution in [2.75, 3.05) is 0 Å². The highest BCUT2D eigenvalue weighted by molar-refractivity contribution is 6.02. The van der Waals surface area contributed by atoms with Crippen molar-refractivity contribution in [1.29, 1.82) is 0 Å². The summed E-state index contributed by atoms with van der Waals surface area (Å²) in [5.41, 5.74) is 1.70. The molecule has 42 heavy (non-hydrogen) atoms. The number of ether oxygens (including phenoxy) is 2. The first-order valence-corrected chi connectivity index (χ1v) is 14.4. The van der Waals surface area contributed by atoms with Crippen LogP contribution < -0.4 is 15.0 Å². The molecule has 2 aliphatic rings. The number of imide groups is 1. The Morgan fingerprint density at radius 3 is 2.10 bits per heavy atom. The van der Waals surface area contributed by atoms with E-state index in [2.05, 4.69) is 0 Å². The van der Waals surface area contributed by atoms with Crippen LogP contribution in [0, 0.1) is 19.7 Å². The van der Waals surface area contributed by atoms with Crippen molar-refractivity contribution in [3.05, 3.63) is 75.5 Å². The van der Waals surface area contributed by atoms with Crippen molar-refractivity contribution >= 4 is 11.8 Å². The number of amides is 2. The first-order chi connectivity index (χ1) is 19.8. The zero-order chi connectivity index (χ0) is 30.3. The molecular formula is C33H37FN2O6. The van der Waals surface area contributed by atoms with Crippen molar-refractivity contribution in [3.63, 3.8) is 0 Å². The Hall–Kier alpha value is -3.98. The Balaban J connectivity index is 1.51. The van der Waals surface area contributed by atoms with Gasteiger partial charge in [-0.25, -0.2) is 4.39 Å². The zero-order valence-electron chi connectivity index (χ0n) is 24.7. The molecule has 1 aliphatic heterocycles. The molecule has 1 aromatic heterocycles. The fourth-order valence-corrected chi connectivity index (χ4v) is 5.89. The van der Waals surface area contributed by atoms with Gasteiger partial charge in [0.15, 0.2) is 0 Å². The molecular weight excluding hydrogens is 539 g/mol. The Labute approximate surface area is 244 Å². The lowest BCUT2D eigenvalue weighted by atomic mass is 9.91. The summed E-state index contributed by atoms with van der Waals surface area (Å²) in [4.78, 5) is 38.7. The number of hydrogen-bond donors (Lipinski definition) is 1. The van der Waals surface area contributed by atoms with E-state index >= 15 is 0 Å². The quantitative estimate of drug-likeness (QED) is 0.364. The molecule has 1 aliphatic carbocycles. The first kappa shape index (κ1) is 29.5. The van der Waals surface area contributed by atoms with Crippen molar-refractivity contribution < 1.29 is 28.6 Å². The van der Waals surface area contributed by atoms with E-state index in [-0.39, 0.29) is 48.2 Å². The maximum atomic E-state index is 14.0. The number of nitrogens with zero attached hydrogens (tertiary/aromatic N) is 2. The monoisotopic (exact) mass is 576 g/mol. The Kier molecular flexibility index (Phi) is 7.98. The molecule has 2 fully saturated rings. The predicted molar refractivity (Wildman–Crippen MR) is 156 cm³/mol.